The first-order valence-corrected chi connectivity index (χ1v) is 12.8. The Morgan fingerprint density at radius 2 is 1.39 bits per heavy atom. The van der Waals surface area contributed by atoms with Gasteiger partial charge in [0.15, 0.2) is 17.2 Å². The van der Waals surface area contributed by atoms with Crippen LogP contribution in [0.2, 0.25) is 0 Å². The third-order valence-electron chi connectivity index (χ3n) is 6.19. The average molecular weight is 567 g/mol. The van der Waals surface area contributed by atoms with Gasteiger partial charge in [0, 0.05) is 30.3 Å². The SMILES string of the molecule is COc1ccccc1C(c1ccccc1OC)[C@H](C)OC(=O)[C@H](C)NC(=O)c1nccc(OC)c1OCOC(C)=O. The number of amides is 1. The minimum absolute atomic E-state index is 0.0462. The van der Waals surface area contributed by atoms with Crippen LogP contribution in [0.1, 0.15) is 48.3 Å². The van der Waals surface area contributed by atoms with Gasteiger partial charge in [-0.3, -0.25) is 9.59 Å². The van der Waals surface area contributed by atoms with Gasteiger partial charge in [-0.25, -0.2) is 9.78 Å². The molecule has 3 rings (SSSR count). The van der Waals surface area contributed by atoms with E-state index >= 15 is 0 Å². The molecule has 0 unspecified atom stereocenters. The number of hydrogen-bond donors (Lipinski definition) is 1. The molecule has 0 fully saturated rings. The predicted molar refractivity (Wildman–Crippen MR) is 148 cm³/mol. The van der Waals surface area contributed by atoms with Crippen LogP contribution in [-0.4, -0.2) is 63.1 Å². The van der Waals surface area contributed by atoms with Gasteiger partial charge >= 0.3 is 11.9 Å². The van der Waals surface area contributed by atoms with Gasteiger partial charge in [0.25, 0.3) is 5.91 Å². The number of carbonyl (C=O) groups excluding carboxylic acids is 3. The lowest BCUT2D eigenvalue weighted by Crippen LogP contribution is -2.41. The molecule has 1 amide bonds. The summed E-state index contributed by atoms with van der Waals surface area (Å²) in [5.41, 5.74) is 1.43. The zero-order chi connectivity index (χ0) is 29.9. The van der Waals surface area contributed by atoms with E-state index in [1.54, 1.807) is 21.1 Å². The molecule has 1 heterocycles. The fourth-order valence-corrected chi connectivity index (χ4v) is 4.26. The van der Waals surface area contributed by atoms with Crippen LogP contribution >= 0.6 is 0 Å². The molecule has 0 radical (unpaired) electrons. The minimum atomic E-state index is -1.06. The highest BCUT2D eigenvalue weighted by Crippen LogP contribution is 2.39. The first-order chi connectivity index (χ1) is 19.7. The molecule has 0 saturated heterocycles. The highest BCUT2D eigenvalue weighted by atomic mass is 16.7. The predicted octanol–water partition coefficient (Wildman–Crippen LogP) is 3.89. The third kappa shape index (κ3) is 7.65. The number of hydrogen-bond acceptors (Lipinski definition) is 10. The zero-order valence-corrected chi connectivity index (χ0v) is 23.8. The van der Waals surface area contributed by atoms with E-state index in [2.05, 4.69) is 10.3 Å². The van der Waals surface area contributed by atoms with Crippen molar-refractivity contribution < 1.29 is 42.8 Å². The molecule has 0 bridgehead atoms. The molecule has 0 saturated carbocycles. The molecule has 0 aliphatic rings. The van der Waals surface area contributed by atoms with E-state index < -0.39 is 42.7 Å². The van der Waals surface area contributed by atoms with Crippen molar-refractivity contribution in [2.75, 3.05) is 28.1 Å². The number of nitrogens with one attached hydrogen (secondary N) is 1. The smallest absolute Gasteiger partial charge is 0.328 e. The maximum Gasteiger partial charge on any atom is 0.328 e. The number of carbonyl (C=O) groups is 3. The average Bonchev–Trinajstić information content (AvgIpc) is 2.97. The van der Waals surface area contributed by atoms with E-state index in [9.17, 15) is 14.4 Å². The maximum absolute atomic E-state index is 13.2. The number of methoxy groups -OCH3 is 3. The van der Waals surface area contributed by atoms with Crippen LogP contribution in [0.25, 0.3) is 0 Å². The van der Waals surface area contributed by atoms with Crippen LogP contribution in [-0.2, 0) is 19.1 Å². The molecule has 1 N–H and O–H groups in total. The largest absolute Gasteiger partial charge is 0.496 e. The minimum Gasteiger partial charge on any atom is -0.496 e. The van der Waals surface area contributed by atoms with Crippen molar-refractivity contribution in [1.29, 1.82) is 0 Å². The third-order valence-corrected chi connectivity index (χ3v) is 6.19. The molecule has 11 heteroatoms. The van der Waals surface area contributed by atoms with Crippen molar-refractivity contribution in [2.24, 2.45) is 0 Å². The fraction of sp³-hybridized carbons (Fsp3) is 0.333. The van der Waals surface area contributed by atoms with Crippen LogP contribution in [0, 0.1) is 0 Å². The molecule has 0 aliphatic carbocycles. The molecule has 41 heavy (non-hydrogen) atoms. The maximum atomic E-state index is 13.2. The normalized spacial score (nSPS) is 12.1. The number of nitrogens with zero attached hydrogens (tertiary/aromatic N) is 1. The molecule has 218 valence electrons. The first-order valence-electron chi connectivity index (χ1n) is 12.8. The molecule has 1 aromatic heterocycles. The molecule has 2 atom stereocenters. The van der Waals surface area contributed by atoms with Gasteiger partial charge < -0.3 is 33.7 Å². The number of ether oxygens (including phenoxy) is 6. The summed E-state index contributed by atoms with van der Waals surface area (Å²) in [4.78, 5) is 41.5. The second kappa shape index (κ2) is 14.5. The van der Waals surface area contributed by atoms with Crippen LogP contribution in [0.5, 0.6) is 23.0 Å². The van der Waals surface area contributed by atoms with Crippen LogP contribution in [0.3, 0.4) is 0 Å². The number of benzene rings is 2. The quantitative estimate of drug-likeness (QED) is 0.240. The van der Waals surface area contributed by atoms with E-state index in [-0.39, 0.29) is 17.2 Å². The summed E-state index contributed by atoms with van der Waals surface area (Å²) in [5.74, 6) is -1.01. The molecule has 2 aromatic carbocycles. The lowest BCUT2D eigenvalue weighted by Gasteiger charge is -2.28. The lowest BCUT2D eigenvalue weighted by atomic mass is 9.86. The highest BCUT2D eigenvalue weighted by Gasteiger charge is 2.32. The number of aromatic nitrogens is 1. The second-order valence-electron chi connectivity index (χ2n) is 8.89. The van der Waals surface area contributed by atoms with E-state index in [1.165, 1.54) is 33.2 Å². The van der Waals surface area contributed by atoms with Gasteiger partial charge in [-0.05, 0) is 26.0 Å². The molecule has 3 aromatic rings. The zero-order valence-electron chi connectivity index (χ0n) is 23.8. The Morgan fingerprint density at radius 3 is 1.93 bits per heavy atom. The Morgan fingerprint density at radius 1 is 0.829 bits per heavy atom. The molecule has 0 aliphatic heterocycles. The van der Waals surface area contributed by atoms with Crippen molar-refractivity contribution in [1.82, 2.24) is 10.3 Å². The van der Waals surface area contributed by atoms with Gasteiger partial charge in [0.2, 0.25) is 6.79 Å². The van der Waals surface area contributed by atoms with Crippen LogP contribution in [0.15, 0.2) is 60.8 Å². The monoisotopic (exact) mass is 566 g/mol. The van der Waals surface area contributed by atoms with Gasteiger partial charge in [-0.15, -0.1) is 0 Å². The summed E-state index contributed by atoms with van der Waals surface area (Å²) in [5, 5.41) is 2.59. The van der Waals surface area contributed by atoms with Crippen molar-refractivity contribution in [2.45, 2.75) is 38.8 Å². The topological polar surface area (TPSA) is 132 Å². The molecule has 0 spiro atoms. The van der Waals surface area contributed by atoms with Crippen LogP contribution in [0.4, 0.5) is 0 Å². The number of para-hydroxylation sites is 2. The lowest BCUT2D eigenvalue weighted by molar-refractivity contribution is -0.151. The van der Waals surface area contributed by atoms with E-state index in [0.29, 0.717) is 11.5 Å². The summed E-state index contributed by atoms with van der Waals surface area (Å²) in [6.45, 7) is 4.02. The number of pyridine rings is 1. The van der Waals surface area contributed by atoms with Crippen molar-refractivity contribution in [3.05, 3.63) is 77.6 Å². The first kappa shape index (κ1) is 30.7. The van der Waals surface area contributed by atoms with Gasteiger partial charge in [-0.2, -0.15) is 0 Å². The number of esters is 2. The molecular formula is C30H34N2O9. The molecular weight excluding hydrogens is 532 g/mol. The Hall–Kier alpha value is -4.80. The Bertz CT molecular complexity index is 1310. The Balaban J connectivity index is 1.82. The summed E-state index contributed by atoms with van der Waals surface area (Å²) in [6.07, 6.45) is 0.662. The van der Waals surface area contributed by atoms with Gasteiger partial charge in [0.05, 0.1) is 27.2 Å². The molecule has 11 nitrogen and oxygen atoms in total. The summed E-state index contributed by atoms with van der Waals surface area (Å²) in [6, 6.07) is 15.3. The van der Waals surface area contributed by atoms with Crippen LogP contribution < -0.4 is 24.3 Å². The Kier molecular flexibility index (Phi) is 10.9. The van der Waals surface area contributed by atoms with Gasteiger partial charge in [0.1, 0.15) is 23.6 Å². The fourth-order valence-electron chi connectivity index (χ4n) is 4.26. The number of rotatable bonds is 13. The summed E-state index contributed by atoms with van der Waals surface area (Å²) in [7, 11) is 4.53. The van der Waals surface area contributed by atoms with E-state index in [1.807, 2.05) is 48.5 Å². The second-order valence-corrected chi connectivity index (χ2v) is 8.89. The summed E-state index contributed by atoms with van der Waals surface area (Å²) >= 11 is 0. The van der Waals surface area contributed by atoms with E-state index in [0.717, 1.165) is 11.1 Å². The standard InChI is InChI=1S/C30H34N2O9/c1-18(32-29(34)27-28(40-17-39-20(3)33)25(38-6)15-16-31-27)30(35)41-19(2)26(21-11-7-9-13-23(21)36-4)22-12-8-10-14-24(22)37-5/h7-16,18-19,26H,17H2,1-6H3,(H,32,34)/t18-,19-/m0/s1. The Labute approximate surface area is 238 Å². The van der Waals surface area contributed by atoms with Crippen molar-refractivity contribution in [3.63, 3.8) is 0 Å². The van der Waals surface area contributed by atoms with Gasteiger partial charge in [-0.1, -0.05) is 36.4 Å². The van der Waals surface area contributed by atoms with Crippen molar-refractivity contribution in [3.8, 4) is 23.0 Å². The highest BCUT2D eigenvalue weighted by molar-refractivity contribution is 5.98. The van der Waals surface area contributed by atoms with Crippen molar-refractivity contribution >= 4 is 17.8 Å². The van der Waals surface area contributed by atoms with E-state index in [4.69, 9.17) is 28.4 Å². The summed E-state index contributed by atoms with van der Waals surface area (Å²) < 4.78 is 32.6.